The molecule has 0 aliphatic heterocycles. The number of hydrogen-bond acceptors (Lipinski definition) is 8. The lowest BCUT2D eigenvalue weighted by Gasteiger charge is -2.00. The Hall–Kier alpha value is -2.87. The Morgan fingerprint density at radius 2 is 1.77 bits per heavy atom. The van der Waals surface area contributed by atoms with Crippen molar-refractivity contribution in [3.8, 4) is 11.5 Å². The number of rotatable bonds is 4. The summed E-state index contributed by atoms with van der Waals surface area (Å²) in [4.78, 5) is 8.80. The highest BCUT2D eigenvalue weighted by molar-refractivity contribution is 7.98. The van der Waals surface area contributed by atoms with Gasteiger partial charge in [-0.25, -0.2) is 4.98 Å². The molecule has 0 saturated carbocycles. The van der Waals surface area contributed by atoms with Crippen molar-refractivity contribution in [2.75, 3.05) is 5.73 Å². The number of aryl methyl sites for hydroxylation is 3. The fourth-order valence-corrected chi connectivity index (χ4v) is 3.22. The number of aromatic nitrogens is 4. The summed E-state index contributed by atoms with van der Waals surface area (Å²) < 4.78 is 11.4. The number of benzene rings is 1. The molecule has 132 valence electrons. The summed E-state index contributed by atoms with van der Waals surface area (Å²) in [5.74, 6) is 2.72. The molecular weight excluding hydrogens is 350 g/mol. The molecule has 0 saturated heterocycles. The first kappa shape index (κ1) is 16.6. The molecule has 3 heterocycles. The minimum absolute atomic E-state index is 0.422. The van der Waals surface area contributed by atoms with Crippen LogP contribution >= 0.6 is 11.8 Å². The molecule has 8 heteroatoms. The van der Waals surface area contributed by atoms with Gasteiger partial charge in [0.1, 0.15) is 17.4 Å². The van der Waals surface area contributed by atoms with Gasteiger partial charge in [-0.3, -0.25) is 0 Å². The van der Waals surface area contributed by atoms with Crippen molar-refractivity contribution in [1.29, 1.82) is 0 Å². The van der Waals surface area contributed by atoms with Gasteiger partial charge in [-0.15, -0.1) is 10.2 Å². The number of nitrogens with zero attached hydrogens (tertiary/aromatic N) is 4. The van der Waals surface area contributed by atoms with E-state index in [9.17, 15) is 0 Å². The topological polar surface area (TPSA) is 104 Å². The van der Waals surface area contributed by atoms with Gasteiger partial charge in [0, 0.05) is 11.1 Å². The van der Waals surface area contributed by atoms with Gasteiger partial charge in [0.15, 0.2) is 0 Å². The SMILES string of the molecule is Cc1ccc(-c2nnc(SCc3nc(N)c4c(C)c(C)oc4n3)o2)cc1. The largest absolute Gasteiger partial charge is 0.443 e. The van der Waals surface area contributed by atoms with E-state index in [0.29, 0.717) is 34.2 Å². The van der Waals surface area contributed by atoms with E-state index in [0.717, 1.165) is 22.3 Å². The monoisotopic (exact) mass is 367 g/mol. The summed E-state index contributed by atoms with van der Waals surface area (Å²) in [6.07, 6.45) is 0. The van der Waals surface area contributed by atoms with Crippen LogP contribution in [0.1, 0.15) is 22.7 Å². The van der Waals surface area contributed by atoms with Gasteiger partial charge in [0.2, 0.25) is 11.6 Å². The van der Waals surface area contributed by atoms with Crippen LogP contribution in [0.2, 0.25) is 0 Å². The van der Waals surface area contributed by atoms with Gasteiger partial charge < -0.3 is 14.6 Å². The second-order valence-electron chi connectivity index (χ2n) is 6.02. The lowest BCUT2D eigenvalue weighted by molar-refractivity contribution is 0.465. The predicted molar refractivity (Wildman–Crippen MR) is 99.7 cm³/mol. The van der Waals surface area contributed by atoms with Crippen LogP contribution in [0.4, 0.5) is 5.82 Å². The van der Waals surface area contributed by atoms with E-state index in [1.54, 1.807) is 0 Å². The van der Waals surface area contributed by atoms with Gasteiger partial charge in [-0.05, 0) is 32.9 Å². The molecule has 0 atom stereocenters. The molecule has 0 fully saturated rings. The number of furan rings is 1. The highest BCUT2D eigenvalue weighted by atomic mass is 32.2. The van der Waals surface area contributed by atoms with E-state index >= 15 is 0 Å². The first-order valence-electron chi connectivity index (χ1n) is 8.06. The normalized spacial score (nSPS) is 11.3. The molecule has 0 amide bonds. The number of nitrogens with two attached hydrogens (primary N) is 1. The molecular formula is C18H17N5O2S. The van der Waals surface area contributed by atoms with Crippen LogP contribution in [0.3, 0.4) is 0 Å². The number of fused-ring (bicyclic) bond motifs is 1. The van der Waals surface area contributed by atoms with E-state index < -0.39 is 0 Å². The average Bonchev–Trinajstić information content (AvgIpc) is 3.19. The van der Waals surface area contributed by atoms with E-state index in [4.69, 9.17) is 14.6 Å². The molecule has 7 nitrogen and oxygen atoms in total. The summed E-state index contributed by atoms with van der Waals surface area (Å²) in [6, 6.07) is 7.92. The van der Waals surface area contributed by atoms with Crippen LogP contribution in [-0.2, 0) is 5.75 Å². The van der Waals surface area contributed by atoms with Gasteiger partial charge in [-0.1, -0.05) is 29.5 Å². The minimum atomic E-state index is 0.422. The number of anilines is 1. The van der Waals surface area contributed by atoms with E-state index in [-0.39, 0.29) is 0 Å². The Morgan fingerprint density at radius 1 is 1.00 bits per heavy atom. The quantitative estimate of drug-likeness (QED) is 0.538. The summed E-state index contributed by atoms with van der Waals surface area (Å²) in [7, 11) is 0. The van der Waals surface area contributed by atoms with Crippen molar-refractivity contribution in [1.82, 2.24) is 20.2 Å². The second kappa shape index (κ2) is 6.45. The Morgan fingerprint density at radius 3 is 2.54 bits per heavy atom. The van der Waals surface area contributed by atoms with Crippen molar-refractivity contribution in [3.63, 3.8) is 0 Å². The second-order valence-corrected chi connectivity index (χ2v) is 6.94. The molecule has 4 rings (SSSR count). The molecule has 0 aliphatic carbocycles. The van der Waals surface area contributed by atoms with E-state index in [1.807, 2.05) is 45.0 Å². The van der Waals surface area contributed by atoms with Crippen molar-refractivity contribution < 1.29 is 8.83 Å². The summed E-state index contributed by atoms with van der Waals surface area (Å²) in [5, 5.41) is 9.39. The Balaban J connectivity index is 1.52. The van der Waals surface area contributed by atoms with Crippen molar-refractivity contribution in [3.05, 3.63) is 47.0 Å². The van der Waals surface area contributed by atoms with Gasteiger partial charge >= 0.3 is 0 Å². The fraction of sp³-hybridized carbons (Fsp3) is 0.222. The number of hydrogen-bond donors (Lipinski definition) is 1. The van der Waals surface area contributed by atoms with Crippen LogP contribution < -0.4 is 5.73 Å². The molecule has 0 aliphatic rings. The zero-order chi connectivity index (χ0) is 18.3. The first-order valence-corrected chi connectivity index (χ1v) is 9.05. The highest BCUT2D eigenvalue weighted by Gasteiger charge is 2.15. The van der Waals surface area contributed by atoms with Crippen LogP contribution in [0.25, 0.3) is 22.6 Å². The van der Waals surface area contributed by atoms with Gasteiger partial charge in [-0.2, -0.15) is 4.98 Å². The molecule has 2 N–H and O–H groups in total. The van der Waals surface area contributed by atoms with Crippen molar-refractivity contribution in [2.24, 2.45) is 0 Å². The molecule has 0 unspecified atom stereocenters. The third-order valence-electron chi connectivity index (χ3n) is 4.13. The van der Waals surface area contributed by atoms with E-state index in [2.05, 4.69) is 20.2 Å². The molecule has 0 radical (unpaired) electrons. The van der Waals surface area contributed by atoms with E-state index in [1.165, 1.54) is 17.3 Å². The van der Waals surface area contributed by atoms with Gasteiger partial charge in [0.05, 0.1) is 11.1 Å². The van der Waals surface area contributed by atoms with Crippen LogP contribution in [0, 0.1) is 20.8 Å². The Bertz CT molecular complexity index is 1090. The Labute approximate surface area is 154 Å². The summed E-state index contributed by atoms with van der Waals surface area (Å²) in [5.41, 5.74) is 9.60. The zero-order valence-electron chi connectivity index (χ0n) is 14.6. The lowest BCUT2D eigenvalue weighted by Crippen LogP contribution is -1.99. The maximum Gasteiger partial charge on any atom is 0.277 e. The van der Waals surface area contributed by atoms with Crippen LogP contribution in [0.15, 0.2) is 38.3 Å². The predicted octanol–water partition coefficient (Wildman–Crippen LogP) is 4.07. The fourth-order valence-electron chi connectivity index (χ4n) is 2.60. The summed E-state index contributed by atoms with van der Waals surface area (Å²) >= 11 is 1.36. The average molecular weight is 367 g/mol. The maximum atomic E-state index is 6.06. The maximum absolute atomic E-state index is 6.06. The molecule has 0 bridgehead atoms. The third-order valence-corrected chi connectivity index (χ3v) is 4.95. The standard InChI is InChI=1S/C18H17N5O2S/c1-9-4-6-12(7-5-9)16-22-23-18(25-16)26-8-13-20-15(19)14-10(2)11(3)24-17(14)21-13/h4-7H,8H2,1-3H3,(H2,19,20,21). The molecule has 4 aromatic rings. The zero-order valence-corrected chi connectivity index (χ0v) is 15.4. The number of nitrogen functional groups attached to an aromatic ring is 1. The molecule has 0 spiro atoms. The summed E-state index contributed by atoms with van der Waals surface area (Å²) in [6.45, 7) is 5.86. The highest BCUT2D eigenvalue weighted by Crippen LogP contribution is 2.29. The third kappa shape index (κ3) is 3.03. The van der Waals surface area contributed by atoms with Crippen molar-refractivity contribution >= 4 is 28.7 Å². The molecule has 1 aromatic carbocycles. The smallest absolute Gasteiger partial charge is 0.277 e. The number of thioether (sulfide) groups is 1. The minimum Gasteiger partial charge on any atom is -0.443 e. The lowest BCUT2D eigenvalue weighted by atomic mass is 10.1. The Kier molecular flexibility index (Phi) is 4.12. The first-order chi connectivity index (χ1) is 12.5. The molecule has 3 aromatic heterocycles. The van der Waals surface area contributed by atoms with Gasteiger partial charge in [0.25, 0.3) is 5.22 Å². The molecule has 26 heavy (non-hydrogen) atoms. The van der Waals surface area contributed by atoms with Crippen molar-refractivity contribution in [2.45, 2.75) is 31.7 Å². The van der Waals surface area contributed by atoms with Crippen LogP contribution in [-0.4, -0.2) is 20.2 Å². The van der Waals surface area contributed by atoms with Crippen LogP contribution in [0.5, 0.6) is 0 Å².